The highest BCUT2D eigenvalue weighted by Gasteiger charge is 2.46. The monoisotopic (exact) mass is 602 g/mol. The maximum absolute atomic E-state index is 14.6. The summed E-state index contributed by atoms with van der Waals surface area (Å²) in [5.74, 6) is 2.20. The second-order valence-corrected chi connectivity index (χ2v) is 12.6. The minimum atomic E-state index is -1.19. The van der Waals surface area contributed by atoms with Gasteiger partial charge in [-0.05, 0) is 88.5 Å². The number of nitrogens with zero attached hydrogens (tertiary/aromatic N) is 3. The fourth-order valence-electron chi connectivity index (χ4n) is 6.69. The topological polar surface area (TPSA) is 107 Å². The van der Waals surface area contributed by atoms with E-state index in [0.717, 1.165) is 79.0 Å². The van der Waals surface area contributed by atoms with Crippen LogP contribution in [0.3, 0.4) is 0 Å². The Bertz CT molecular complexity index is 1440. The highest BCUT2D eigenvalue weighted by molar-refractivity contribution is 6.01. The molecule has 9 nitrogen and oxygen atoms in total. The van der Waals surface area contributed by atoms with Crippen LogP contribution in [0, 0.1) is 12.8 Å². The summed E-state index contributed by atoms with van der Waals surface area (Å²) in [5, 5.41) is 2.56. The molecule has 2 aromatic heterocycles. The number of hydrogen-bond acceptors (Lipinski definition) is 7. The number of benzene rings is 1. The number of pyridine rings is 1. The third-order valence-corrected chi connectivity index (χ3v) is 9.24. The molecule has 0 atom stereocenters. The number of aromatic nitrogens is 2. The van der Waals surface area contributed by atoms with E-state index in [1.165, 1.54) is 7.05 Å². The molecule has 1 N–H and O–H groups in total. The second kappa shape index (κ2) is 13.8. The largest absolute Gasteiger partial charge is 0.495 e. The van der Waals surface area contributed by atoms with E-state index in [9.17, 15) is 9.59 Å². The highest BCUT2D eigenvalue weighted by atomic mass is 16.6. The summed E-state index contributed by atoms with van der Waals surface area (Å²) in [6, 6.07) is 12.0. The number of amides is 2. The third-order valence-electron chi connectivity index (χ3n) is 9.24. The Morgan fingerprint density at radius 2 is 1.82 bits per heavy atom. The minimum absolute atomic E-state index is 0.143. The van der Waals surface area contributed by atoms with Crippen LogP contribution in [-0.2, 0) is 9.53 Å². The number of ether oxygens (including phenoxy) is 2. The Kier molecular flexibility index (Phi) is 9.91. The molecule has 2 aliphatic carbocycles. The van der Waals surface area contributed by atoms with Crippen molar-refractivity contribution in [2.75, 3.05) is 25.6 Å². The molecule has 0 radical (unpaired) electrons. The molecule has 2 fully saturated rings. The Hall–Kier alpha value is -3.88. The maximum Gasteiger partial charge on any atom is 0.407 e. The van der Waals surface area contributed by atoms with E-state index in [0.29, 0.717) is 37.1 Å². The second-order valence-electron chi connectivity index (χ2n) is 12.6. The van der Waals surface area contributed by atoms with E-state index in [-0.39, 0.29) is 11.8 Å². The number of carbonyl (C=O) groups excluding carboxylic acids is 2. The number of carbonyl (C=O) groups is 2. The van der Waals surface area contributed by atoms with Crippen LogP contribution in [0.2, 0.25) is 0 Å². The fourth-order valence-corrected chi connectivity index (χ4v) is 6.69. The number of rotatable bonds is 9. The zero-order valence-corrected chi connectivity index (χ0v) is 26.7. The average molecular weight is 603 g/mol. The van der Waals surface area contributed by atoms with Crippen molar-refractivity contribution < 1.29 is 23.5 Å². The van der Waals surface area contributed by atoms with E-state index >= 15 is 0 Å². The van der Waals surface area contributed by atoms with Gasteiger partial charge in [0.1, 0.15) is 17.7 Å². The van der Waals surface area contributed by atoms with Crippen molar-refractivity contribution in [1.82, 2.24) is 15.3 Å². The van der Waals surface area contributed by atoms with Crippen LogP contribution in [0.15, 0.2) is 47.1 Å². The molecular formula is C35H46N4O5. The number of nitrogens with one attached hydrogen (secondary N) is 1. The molecule has 2 amide bonds. The van der Waals surface area contributed by atoms with Gasteiger partial charge in [-0.3, -0.25) is 9.78 Å². The van der Waals surface area contributed by atoms with Crippen molar-refractivity contribution in [3.05, 3.63) is 59.9 Å². The van der Waals surface area contributed by atoms with Crippen LogP contribution >= 0.6 is 0 Å². The summed E-state index contributed by atoms with van der Waals surface area (Å²) in [6.07, 6.45) is 8.81. The van der Waals surface area contributed by atoms with Crippen molar-refractivity contribution in [3.8, 4) is 17.0 Å². The van der Waals surface area contributed by atoms with E-state index in [1.807, 2.05) is 56.0 Å². The zero-order valence-electron chi connectivity index (χ0n) is 26.7. The number of alkyl carbamates (subject to hydrolysis) is 1. The van der Waals surface area contributed by atoms with Crippen molar-refractivity contribution >= 4 is 17.7 Å². The molecule has 2 saturated carbocycles. The van der Waals surface area contributed by atoms with Gasteiger partial charge in [-0.25, -0.2) is 9.78 Å². The van der Waals surface area contributed by atoms with Crippen LogP contribution in [-0.4, -0.2) is 48.3 Å². The van der Waals surface area contributed by atoms with Gasteiger partial charge in [0, 0.05) is 42.4 Å². The Labute approximate surface area is 260 Å². The quantitative estimate of drug-likeness (QED) is 0.270. The van der Waals surface area contributed by atoms with Gasteiger partial charge in [0.2, 0.25) is 0 Å². The SMILES string of the molecule is CNC(=O)OC1(C(=O)N(C[C@H]2CC[C@H](c3ccc(OC)c(C)n3)CC2)c2cccc(-c3coc(C(C)C)n3)c2)CCCCC1. The Morgan fingerprint density at radius 1 is 1.07 bits per heavy atom. The van der Waals surface area contributed by atoms with E-state index in [2.05, 4.69) is 16.4 Å². The predicted octanol–water partition coefficient (Wildman–Crippen LogP) is 7.54. The lowest BCUT2D eigenvalue weighted by molar-refractivity contribution is -0.140. The summed E-state index contributed by atoms with van der Waals surface area (Å²) in [4.78, 5) is 38.6. The molecular weight excluding hydrogens is 556 g/mol. The van der Waals surface area contributed by atoms with Gasteiger partial charge in [-0.15, -0.1) is 0 Å². The Balaban J connectivity index is 1.42. The van der Waals surface area contributed by atoms with Crippen molar-refractivity contribution in [2.45, 2.75) is 96.0 Å². The van der Waals surface area contributed by atoms with Crippen LogP contribution in [0.4, 0.5) is 10.5 Å². The van der Waals surface area contributed by atoms with Crippen molar-refractivity contribution in [2.24, 2.45) is 5.92 Å². The predicted molar refractivity (Wildman–Crippen MR) is 170 cm³/mol. The molecule has 2 heterocycles. The summed E-state index contributed by atoms with van der Waals surface area (Å²) in [5.41, 5.74) is 3.22. The lowest BCUT2D eigenvalue weighted by atomic mass is 9.79. The lowest BCUT2D eigenvalue weighted by Gasteiger charge is -2.40. The molecule has 44 heavy (non-hydrogen) atoms. The van der Waals surface area contributed by atoms with Crippen LogP contribution in [0.5, 0.6) is 5.75 Å². The molecule has 9 heteroatoms. The van der Waals surface area contributed by atoms with E-state index in [4.69, 9.17) is 18.9 Å². The highest BCUT2D eigenvalue weighted by Crippen LogP contribution is 2.40. The molecule has 0 spiro atoms. The standard InChI is InChI=1S/C35H46N4O5/c1-23(2)32-38-30(22-43-32)27-10-9-11-28(20-27)39(33(40)35(44-34(41)36-4)18-7-6-8-19-35)21-25-12-14-26(15-13-25)29-16-17-31(42-5)24(3)37-29/h9-11,16-17,20,22-23,25-26H,6-8,12-15,18-19,21H2,1-5H3,(H,36,41)/t25-,26-. The van der Waals surface area contributed by atoms with E-state index in [1.54, 1.807) is 13.4 Å². The van der Waals surface area contributed by atoms with E-state index < -0.39 is 11.7 Å². The summed E-state index contributed by atoms with van der Waals surface area (Å²) in [6.45, 7) is 6.63. The molecule has 236 valence electrons. The van der Waals surface area contributed by atoms with Crippen molar-refractivity contribution in [3.63, 3.8) is 0 Å². The minimum Gasteiger partial charge on any atom is -0.495 e. The first-order valence-corrected chi connectivity index (χ1v) is 16.0. The number of oxazole rings is 1. The molecule has 0 aliphatic heterocycles. The first-order chi connectivity index (χ1) is 21.2. The van der Waals surface area contributed by atoms with Gasteiger partial charge in [0.05, 0.1) is 12.8 Å². The smallest absolute Gasteiger partial charge is 0.407 e. The number of methoxy groups -OCH3 is 1. The molecule has 1 aromatic carbocycles. The first kappa shape index (κ1) is 31.5. The fraction of sp³-hybridized carbons (Fsp3) is 0.543. The maximum atomic E-state index is 14.6. The lowest BCUT2D eigenvalue weighted by Crippen LogP contribution is -2.55. The van der Waals surface area contributed by atoms with Gasteiger partial charge in [0.25, 0.3) is 5.91 Å². The van der Waals surface area contributed by atoms with Gasteiger partial charge in [-0.1, -0.05) is 32.4 Å². The third kappa shape index (κ3) is 6.92. The average Bonchev–Trinajstić information content (AvgIpc) is 3.55. The molecule has 0 saturated heterocycles. The van der Waals surface area contributed by atoms with Crippen LogP contribution in [0.1, 0.15) is 101 Å². The normalized spacial score (nSPS) is 19.8. The summed E-state index contributed by atoms with van der Waals surface area (Å²) >= 11 is 0. The summed E-state index contributed by atoms with van der Waals surface area (Å²) in [7, 11) is 3.20. The van der Waals surface area contributed by atoms with Crippen LogP contribution in [0.25, 0.3) is 11.3 Å². The van der Waals surface area contributed by atoms with Crippen LogP contribution < -0.4 is 15.0 Å². The number of hydrogen-bond donors (Lipinski definition) is 1. The van der Waals surface area contributed by atoms with Gasteiger partial charge < -0.3 is 24.1 Å². The molecule has 0 bridgehead atoms. The van der Waals surface area contributed by atoms with Gasteiger partial charge in [-0.2, -0.15) is 0 Å². The van der Waals surface area contributed by atoms with Gasteiger partial charge >= 0.3 is 6.09 Å². The molecule has 5 rings (SSSR count). The first-order valence-electron chi connectivity index (χ1n) is 16.0. The summed E-state index contributed by atoms with van der Waals surface area (Å²) < 4.78 is 17.1. The van der Waals surface area contributed by atoms with Gasteiger partial charge in [0.15, 0.2) is 11.5 Å². The molecule has 0 unspecified atom stereocenters. The molecule has 2 aliphatic rings. The zero-order chi connectivity index (χ0) is 31.3. The Morgan fingerprint density at radius 3 is 2.45 bits per heavy atom. The molecule has 3 aromatic rings. The number of aryl methyl sites for hydroxylation is 1. The number of anilines is 1. The van der Waals surface area contributed by atoms with Crippen molar-refractivity contribution in [1.29, 1.82) is 0 Å².